The van der Waals surface area contributed by atoms with Crippen LogP contribution in [0.4, 0.5) is 0 Å². The smallest absolute Gasteiger partial charge is 0.251 e. The van der Waals surface area contributed by atoms with Crippen LogP contribution >= 0.6 is 11.6 Å². The summed E-state index contributed by atoms with van der Waals surface area (Å²) in [6.07, 6.45) is 1.84. The number of aromatic nitrogens is 4. The fourth-order valence-corrected chi connectivity index (χ4v) is 1.95. The Kier molecular flexibility index (Phi) is 4.17. The predicted molar refractivity (Wildman–Crippen MR) is 75.8 cm³/mol. The first kappa shape index (κ1) is 14.0. The minimum absolute atomic E-state index is 0.560. The maximum absolute atomic E-state index is 6.14. The summed E-state index contributed by atoms with van der Waals surface area (Å²) in [6.45, 7) is 9.54. The van der Waals surface area contributed by atoms with E-state index in [9.17, 15) is 0 Å². The van der Waals surface area contributed by atoms with Gasteiger partial charge in [-0.2, -0.15) is 5.10 Å². The highest BCUT2D eigenvalue weighted by Gasteiger charge is 2.13. The lowest BCUT2D eigenvalue weighted by Crippen LogP contribution is -2.15. The maximum atomic E-state index is 6.14. The van der Waals surface area contributed by atoms with Crippen molar-refractivity contribution in [3.8, 4) is 5.95 Å². The van der Waals surface area contributed by atoms with E-state index in [1.54, 1.807) is 4.68 Å². The van der Waals surface area contributed by atoms with Crippen LogP contribution in [-0.4, -0.2) is 26.3 Å². The molecule has 0 radical (unpaired) electrons. The lowest BCUT2D eigenvalue weighted by molar-refractivity contribution is 0.705. The first-order chi connectivity index (χ1) is 9.04. The van der Waals surface area contributed by atoms with Crippen molar-refractivity contribution in [3.63, 3.8) is 0 Å². The number of nitrogens with zero attached hydrogens (tertiary/aromatic N) is 4. The Morgan fingerprint density at radius 3 is 2.53 bits per heavy atom. The van der Waals surface area contributed by atoms with Gasteiger partial charge in [0.2, 0.25) is 0 Å². The zero-order chi connectivity index (χ0) is 14.0. The molecule has 5 nitrogen and oxygen atoms in total. The van der Waals surface area contributed by atoms with Crippen LogP contribution in [0.1, 0.15) is 29.6 Å². The van der Waals surface area contributed by atoms with Crippen LogP contribution in [0.5, 0.6) is 0 Å². The van der Waals surface area contributed by atoms with Crippen LogP contribution in [0.3, 0.4) is 0 Å². The van der Waals surface area contributed by atoms with Crippen molar-refractivity contribution < 1.29 is 0 Å². The van der Waals surface area contributed by atoms with Crippen molar-refractivity contribution >= 4 is 11.6 Å². The Balaban J connectivity index is 2.36. The monoisotopic (exact) mass is 279 g/mol. The van der Waals surface area contributed by atoms with Gasteiger partial charge < -0.3 is 5.32 Å². The summed E-state index contributed by atoms with van der Waals surface area (Å²) in [5.74, 6) is 0.560. The van der Waals surface area contributed by atoms with Crippen LogP contribution in [0.2, 0.25) is 5.02 Å². The van der Waals surface area contributed by atoms with Crippen molar-refractivity contribution in [2.24, 2.45) is 0 Å². The highest BCUT2D eigenvalue weighted by atomic mass is 35.5. The molecular formula is C13H18ClN5. The Hall–Kier alpha value is -1.46. The minimum Gasteiger partial charge on any atom is -0.313 e. The Morgan fingerprint density at radius 1 is 1.26 bits per heavy atom. The van der Waals surface area contributed by atoms with E-state index in [-0.39, 0.29) is 0 Å². The summed E-state index contributed by atoms with van der Waals surface area (Å²) < 4.78 is 1.68. The van der Waals surface area contributed by atoms with Crippen LogP contribution < -0.4 is 5.32 Å². The molecule has 0 aromatic carbocycles. The molecule has 0 aliphatic rings. The standard InChI is InChI=1S/C13H18ClN5/c1-5-15-6-11-7-16-13(17-8(11)2)19-10(4)12(14)9(3)18-19/h7,15H,5-6H2,1-4H3. The predicted octanol–water partition coefficient (Wildman–Crippen LogP) is 2.35. The highest BCUT2D eigenvalue weighted by molar-refractivity contribution is 6.31. The first-order valence-electron chi connectivity index (χ1n) is 6.30. The number of aryl methyl sites for hydroxylation is 2. The molecule has 0 aliphatic carbocycles. The van der Waals surface area contributed by atoms with Gasteiger partial charge in [0.25, 0.3) is 5.95 Å². The third kappa shape index (κ3) is 2.77. The molecule has 2 rings (SSSR count). The van der Waals surface area contributed by atoms with E-state index in [1.807, 2.05) is 27.0 Å². The Morgan fingerprint density at radius 2 is 2.00 bits per heavy atom. The van der Waals surface area contributed by atoms with E-state index >= 15 is 0 Å². The molecule has 0 amide bonds. The summed E-state index contributed by atoms with van der Waals surface area (Å²) in [5, 5.41) is 8.29. The molecule has 102 valence electrons. The average Bonchev–Trinajstić information content (AvgIpc) is 2.65. The molecule has 2 aromatic heterocycles. The molecule has 0 fully saturated rings. The highest BCUT2D eigenvalue weighted by Crippen LogP contribution is 2.21. The SMILES string of the molecule is CCNCc1cnc(-n2nc(C)c(Cl)c2C)nc1C. The molecule has 0 saturated heterocycles. The molecule has 6 heteroatoms. The van der Waals surface area contributed by atoms with Crippen molar-refractivity contribution in [1.82, 2.24) is 25.1 Å². The molecule has 19 heavy (non-hydrogen) atoms. The quantitative estimate of drug-likeness (QED) is 0.933. The number of hydrogen-bond donors (Lipinski definition) is 1. The molecule has 0 spiro atoms. The van der Waals surface area contributed by atoms with Crippen LogP contribution in [0, 0.1) is 20.8 Å². The van der Waals surface area contributed by atoms with Gasteiger partial charge in [0.1, 0.15) is 0 Å². The third-order valence-corrected chi connectivity index (χ3v) is 3.57. The van der Waals surface area contributed by atoms with Crippen molar-refractivity contribution in [1.29, 1.82) is 0 Å². The Bertz CT molecular complexity index is 591. The number of hydrogen-bond acceptors (Lipinski definition) is 4. The molecular weight excluding hydrogens is 262 g/mol. The third-order valence-electron chi connectivity index (χ3n) is 3.03. The van der Waals surface area contributed by atoms with Gasteiger partial charge in [0.15, 0.2) is 0 Å². The second kappa shape index (κ2) is 5.67. The molecule has 1 N–H and O–H groups in total. The lowest BCUT2D eigenvalue weighted by atomic mass is 10.2. The minimum atomic E-state index is 0.560. The van der Waals surface area contributed by atoms with Gasteiger partial charge in [-0.1, -0.05) is 18.5 Å². The maximum Gasteiger partial charge on any atom is 0.251 e. The summed E-state index contributed by atoms with van der Waals surface area (Å²) in [6, 6.07) is 0. The number of rotatable bonds is 4. The molecule has 0 atom stereocenters. The molecule has 0 bridgehead atoms. The van der Waals surface area contributed by atoms with Gasteiger partial charge in [-0.05, 0) is 27.3 Å². The van der Waals surface area contributed by atoms with E-state index in [4.69, 9.17) is 11.6 Å². The summed E-state index contributed by atoms with van der Waals surface area (Å²) in [4.78, 5) is 8.87. The number of halogens is 1. The number of nitrogens with one attached hydrogen (secondary N) is 1. The van der Waals surface area contributed by atoms with Crippen molar-refractivity contribution in [2.45, 2.75) is 34.2 Å². The zero-order valence-corrected chi connectivity index (χ0v) is 12.4. The van der Waals surface area contributed by atoms with E-state index < -0.39 is 0 Å². The normalized spacial score (nSPS) is 11.0. The summed E-state index contributed by atoms with van der Waals surface area (Å²) in [7, 11) is 0. The van der Waals surface area contributed by atoms with Gasteiger partial charge in [-0.3, -0.25) is 0 Å². The molecule has 2 heterocycles. The van der Waals surface area contributed by atoms with E-state index in [0.717, 1.165) is 35.7 Å². The average molecular weight is 280 g/mol. The second-order valence-corrected chi connectivity index (χ2v) is 4.84. The summed E-state index contributed by atoms with van der Waals surface area (Å²) in [5.41, 5.74) is 3.70. The van der Waals surface area contributed by atoms with Crippen LogP contribution in [0.15, 0.2) is 6.20 Å². The van der Waals surface area contributed by atoms with E-state index in [0.29, 0.717) is 11.0 Å². The van der Waals surface area contributed by atoms with Gasteiger partial charge in [-0.25, -0.2) is 14.6 Å². The summed E-state index contributed by atoms with van der Waals surface area (Å²) >= 11 is 6.14. The Labute approximate surface area is 118 Å². The topological polar surface area (TPSA) is 55.6 Å². The van der Waals surface area contributed by atoms with Gasteiger partial charge >= 0.3 is 0 Å². The van der Waals surface area contributed by atoms with E-state index in [2.05, 4.69) is 27.3 Å². The van der Waals surface area contributed by atoms with Gasteiger partial charge in [0, 0.05) is 24.0 Å². The second-order valence-electron chi connectivity index (χ2n) is 4.46. The molecule has 0 unspecified atom stereocenters. The fraction of sp³-hybridized carbons (Fsp3) is 0.462. The van der Waals surface area contributed by atoms with Crippen molar-refractivity contribution in [2.75, 3.05) is 6.54 Å². The first-order valence-corrected chi connectivity index (χ1v) is 6.67. The van der Waals surface area contributed by atoms with Crippen molar-refractivity contribution in [3.05, 3.63) is 33.9 Å². The van der Waals surface area contributed by atoms with Crippen LogP contribution in [-0.2, 0) is 6.54 Å². The largest absolute Gasteiger partial charge is 0.313 e. The fourth-order valence-electron chi connectivity index (χ4n) is 1.83. The lowest BCUT2D eigenvalue weighted by Gasteiger charge is -2.08. The molecule has 0 saturated carbocycles. The van der Waals surface area contributed by atoms with Crippen LogP contribution in [0.25, 0.3) is 5.95 Å². The molecule has 2 aromatic rings. The van der Waals surface area contributed by atoms with E-state index in [1.165, 1.54) is 0 Å². The zero-order valence-electron chi connectivity index (χ0n) is 11.7. The molecule has 0 aliphatic heterocycles. The van der Waals surface area contributed by atoms with Gasteiger partial charge in [0.05, 0.1) is 16.4 Å². The van der Waals surface area contributed by atoms with Gasteiger partial charge in [-0.15, -0.1) is 0 Å².